The predicted molar refractivity (Wildman–Crippen MR) is 191 cm³/mol. The highest BCUT2D eigenvalue weighted by molar-refractivity contribution is 5.37. The Labute approximate surface area is 282 Å². The molecule has 6 atom stereocenters. The van der Waals surface area contributed by atoms with Gasteiger partial charge in [0.15, 0.2) is 0 Å². The molecule has 3 nitrogen and oxygen atoms in total. The Balaban J connectivity index is 0.892. The van der Waals surface area contributed by atoms with Crippen molar-refractivity contribution in [1.82, 2.24) is 4.90 Å². The molecular weight excluding hydrogens is 574 g/mol. The van der Waals surface area contributed by atoms with E-state index < -0.39 is 0 Å². The van der Waals surface area contributed by atoms with E-state index in [-0.39, 0.29) is 6.10 Å². The molecule has 1 saturated carbocycles. The van der Waals surface area contributed by atoms with Crippen LogP contribution in [0.15, 0.2) is 119 Å². The fourth-order valence-electron chi connectivity index (χ4n) is 10.6. The molecule has 3 heteroatoms. The number of hydrogen-bond acceptors (Lipinski definition) is 3. The van der Waals surface area contributed by atoms with Crippen LogP contribution in [0.2, 0.25) is 0 Å². The molecule has 9 aliphatic rings. The molecule has 6 unspecified atom stereocenters. The molecule has 246 valence electrons. The summed E-state index contributed by atoms with van der Waals surface area (Å²) in [5.41, 5.74) is 7.96. The van der Waals surface area contributed by atoms with E-state index in [1.54, 1.807) is 11.1 Å². The maximum atomic E-state index is 6.47. The number of hydrogen-bond donors (Lipinski definition) is 0. The summed E-state index contributed by atoms with van der Waals surface area (Å²) in [6.07, 6.45) is 51.2. The Hall–Kier alpha value is -3.20. The van der Waals surface area contributed by atoms with Gasteiger partial charge in [-0.3, -0.25) is 0 Å². The van der Waals surface area contributed by atoms with Gasteiger partial charge in [0.1, 0.15) is 17.6 Å². The fourth-order valence-corrected chi connectivity index (χ4v) is 10.6. The van der Waals surface area contributed by atoms with Crippen LogP contribution in [0.4, 0.5) is 0 Å². The molecule has 0 radical (unpaired) electrons. The molecule has 2 heterocycles. The average Bonchev–Trinajstić information content (AvgIpc) is 3.75. The van der Waals surface area contributed by atoms with Crippen molar-refractivity contribution in [2.45, 2.75) is 121 Å². The van der Waals surface area contributed by atoms with Gasteiger partial charge in [0.2, 0.25) is 0 Å². The van der Waals surface area contributed by atoms with Crippen molar-refractivity contribution in [2.75, 3.05) is 0 Å². The number of rotatable bonds is 6. The van der Waals surface area contributed by atoms with Crippen molar-refractivity contribution >= 4 is 0 Å². The average molecular weight is 628 g/mol. The Morgan fingerprint density at radius 1 is 0.723 bits per heavy atom. The summed E-state index contributed by atoms with van der Waals surface area (Å²) >= 11 is 0. The van der Waals surface area contributed by atoms with E-state index in [0.717, 1.165) is 25.2 Å². The number of allylic oxidation sites excluding steroid dienone is 13. The second kappa shape index (κ2) is 13.0. The van der Waals surface area contributed by atoms with Crippen LogP contribution in [0.5, 0.6) is 0 Å². The molecule has 0 spiro atoms. The minimum atomic E-state index is 0.230. The molecule has 0 saturated heterocycles. The molecule has 0 bridgehead atoms. The van der Waals surface area contributed by atoms with Crippen LogP contribution in [-0.2, 0) is 9.47 Å². The second-order valence-electron chi connectivity index (χ2n) is 15.7. The van der Waals surface area contributed by atoms with Crippen molar-refractivity contribution in [1.29, 1.82) is 0 Å². The third kappa shape index (κ3) is 5.80. The van der Waals surface area contributed by atoms with E-state index in [2.05, 4.69) is 84.1 Å². The summed E-state index contributed by atoms with van der Waals surface area (Å²) in [4.78, 5) is 2.93. The largest absolute Gasteiger partial charge is 0.493 e. The van der Waals surface area contributed by atoms with E-state index in [0.29, 0.717) is 35.8 Å². The van der Waals surface area contributed by atoms with Gasteiger partial charge in [0, 0.05) is 42.0 Å². The molecule has 0 amide bonds. The zero-order valence-electron chi connectivity index (χ0n) is 28.2. The SMILES string of the molecule is C1=CC2OC=C(C3CC=C(C4CCC(N(C5=CCC(C6=CCCC=C6)C=C5)C5CC=C6OC7=C(CCCC7)C6C5)CC4)CC3)C2C=C1. The van der Waals surface area contributed by atoms with Gasteiger partial charge in [-0.2, -0.15) is 0 Å². The maximum Gasteiger partial charge on any atom is 0.126 e. The summed E-state index contributed by atoms with van der Waals surface area (Å²) in [7, 11) is 0. The van der Waals surface area contributed by atoms with Gasteiger partial charge in [-0.1, -0.05) is 60.3 Å². The first kappa shape index (κ1) is 29.9. The van der Waals surface area contributed by atoms with Gasteiger partial charge in [-0.25, -0.2) is 0 Å². The minimum absolute atomic E-state index is 0.230. The fraction of sp³-hybridized carbons (Fsp3) is 0.545. The van der Waals surface area contributed by atoms with Crippen molar-refractivity contribution in [3.8, 4) is 0 Å². The zero-order valence-corrected chi connectivity index (χ0v) is 28.2. The molecule has 9 rings (SSSR count). The van der Waals surface area contributed by atoms with E-state index in [1.165, 1.54) is 112 Å². The Kier molecular flexibility index (Phi) is 8.28. The number of fused-ring (bicyclic) bond motifs is 3. The van der Waals surface area contributed by atoms with Crippen molar-refractivity contribution in [3.05, 3.63) is 119 Å². The van der Waals surface area contributed by atoms with Gasteiger partial charge in [0.05, 0.1) is 6.26 Å². The summed E-state index contributed by atoms with van der Waals surface area (Å²) in [5.74, 6) is 5.56. The highest BCUT2D eigenvalue weighted by Gasteiger charge is 2.42. The molecule has 1 fully saturated rings. The third-order valence-electron chi connectivity index (χ3n) is 13.1. The highest BCUT2D eigenvalue weighted by Crippen LogP contribution is 2.49. The zero-order chi connectivity index (χ0) is 31.2. The molecule has 0 aromatic rings. The van der Waals surface area contributed by atoms with Crippen LogP contribution < -0.4 is 0 Å². The molecule has 7 aliphatic carbocycles. The van der Waals surface area contributed by atoms with Crippen LogP contribution in [0.25, 0.3) is 0 Å². The molecule has 47 heavy (non-hydrogen) atoms. The van der Waals surface area contributed by atoms with Crippen LogP contribution in [0.1, 0.15) is 103 Å². The smallest absolute Gasteiger partial charge is 0.126 e. The van der Waals surface area contributed by atoms with E-state index in [1.807, 2.05) is 0 Å². The molecule has 0 N–H and O–H groups in total. The van der Waals surface area contributed by atoms with Crippen molar-refractivity contribution < 1.29 is 9.47 Å². The Morgan fingerprint density at radius 3 is 2.47 bits per heavy atom. The van der Waals surface area contributed by atoms with Crippen LogP contribution in [0.3, 0.4) is 0 Å². The topological polar surface area (TPSA) is 21.7 Å². The number of nitrogens with zero attached hydrogens (tertiary/aromatic N) is 1. The van der Waals surface area contributed by atoms with Crippen LogP contribution in [-0.4, -0.2) is 23.1 Å². The maximum absolute atomic E-state index is 6.47. The van der Waals surface area contributed by atoms with E-state index in [4.69, 9.17) is 9.47 Å². The first-order valence-electron chi connectivity index (χ1n) is 19.3. The standard InChI is InChI=1S/C44H53NO2/c1-2-8-30(9-3-1)32-18-22-35(23-19-32)45(37-26-27-44-40(28-37)38-10-5-7-13-43(38)47-44)36-24-20-33(21-25-36)31-14-16-34(17-15-31)41-29-46-42-12-6-4-11-39(41)42/h2,4,6,8-9,11-12,14,18,22-23,27,29,32-34,36-37,39-40,42H,1,3,5,7,10,13,15-17,19-21,24-26,28H2. The summed E-state index contributed by atoms with van der Waals surface area (Å²) in [6, 6.07) is 1.20. The monoisotopic (exact) mass is 627 g/mol. The molecular formula is C44H53NO2. The van der Waals surface area contributed by atoms with Crippen LogP contribution >= 0.6 is 0 Å². The Morgan fingerprint density at radius 2 is 1.64 bits per heavy atom. The van der Waals surface area contributed by atoms with Gasteiger partial charge in [-0.15, -0.1) is 0 Å². The predicted octanol–water partition coefficient (Wildman–Crippen LogP) is 10.9. The molecule has 0 aromatic carbocycles. The van der Waals surface area contributed by atoms with Gasteiger partial charge < -0.3 is 14.4 Å². The second-order valence-corrected chi connectivity index (χ2v) is 15.7. The third-order valence-corrected chi connectivity index (χ3v) is 13.1. The van der Waals surface area contributed by atoms with Gasteiger partial charge >= 0.3 is 0 Å². The van der Waals surface area contributed by atoms with Crippen LogP contribution in [0, 0.1) is 29.6 Å². The quantitative estimate of drug-likeness (QED) is 0.274. The first-order chi connectivity index (χ1) is 23.3. The first-order valence-corrected chi connectivity index (χ1v) is 19.3. The molecule has 2 aliphatic heterocycles. The highest BCUT2D eigenvalue weighted by atomic mass is 16.5. The summed E-state index contributed by atoms with van der Waals surface area (Å²) in [6.45, 7) is 0. The van der Waals surface area contributed by atoms with Crippen molar-refractivity contribution in [3.63, 3.8) is 0 Å². The lowest BCUT2D eigenvalue weighted by Crippen LogP contribution is -2.46. The van der Waals surface area contributed by atoms with Gasteiger partial charge in [0.25, 0.3) is 0 Å². The summed E-state index contributed by atoms with van der Waals surface area (Å²) in [5, 5.41) is 0. The molecule has 0 aromatic heterocycles. The lowest BCUT2D eigenvalue weighted by molar-refractivity contribution is 0.117. The number of ether oxygens (including phenoxy) is 2. The lowest BCUT2D eigenvalue weighted by atomic mass is 9.72. The van der Waals surface area contributed by atoms with E-state index in [9.17, 15) is 0 Å². The normalized spacial score (nSPS) is 37.4. The van der Waals surface area contributed by atoms with E-state index >= 15 is 0 Å². The lowest BCUT2D eigenvalue weighted by Gasteiger charge is -2.46. The Bertz CT molecular complexity index is 1550. The van der Waals surface area contributed by atoms with Crippen molar-refractivity contribution in [2.24, 2.45) is 29.6 Å². The van der Waals surface area contributed by atoms with Gasteiger partial charge in [-0.05, 0) is 143 Å². The minimum Gasteiger partial charge on any atom is -0.493 e. The summed E-state index contributed by atoms with van der Waals surface area (Å²) < 4.78 is 12.5.